The van der Waals surface area contributed by atoms with Crippen molar-refractivity contribution in [2.45, 2.75) is 46.3 Å². The number of benzene rings is 1. The third-order valence-electron chi connectivity index (χ3n) is 5.19. The number of guanidine groups is 1. The van der Waals surface area contributed by atoms with Crippen LogP contribution in [0.25, 0.3) is 5.69 Å². The second kappa shape index (κ2) is 10.8. The predicted molar refractivity (Wildman–Crippen MR) is 127 cm³/mol. The molecular formula is C21H33IN6. The van der Waals surface area contributed by atoms with Crippen LogP contribution in [-0.4, -0.2) is 52.4 Å². The number of para-hydroxylation sites is 1. The van der Waals surface area contributed by atoms with Crippen LogP contribution in [0.1, 0.15) is 33.3 Å². The Morgan fingerprint density at radius 2 is 2.04 bits per heavy atom. The molecule has 1 aromatic heterocycles. The van der Waals surface area contributed by atoms with E-state index in [0.717, 1.165) is 36.8 Å². The zero-order valence-corrected chi connectivity index (χ0v) is 19.6. The van der Waals surface area contributed by atoms with Gasteiger partial charge in [-0.15, -0.1) is 24.0 Å². The highest BCUT2D eigenvalue weighted by Crippen LogP contribution is 2.19. The first-order valence-electron chi connectivity index (χ1n) is 9.95. The number of hydrogen-bond donors (Lipinski definition) is 2. The van der Waals surface area contributed by atoms with Crippen LogP contribution >= 0.6 is 24.0 Å². The zero-order chi connectivity index (χ0) is 19.2. The average Bonchev–Trinajstić information content (AvgIpc) is 3.31. The topological polar surface area (TPSA) is 57.5 Å². The molecule has 0 spiro atoms. The summed E-state index contributed by atoms with van der Waals surface area (Å²) in [5, 5.41) is 11.4. The van der Waals surface area contributed by atoms with Crippen molar-refractivity contribution in [1.82, 2.24) is 25.3 Å². The van der Waals surface area contributed by atoms with E-state index in [2.05, 4.69) is 66.5 Å². The van der Waals surface area contributed by atoms with Gasteiger partial charge in [0.25, 0.3) is 0 Å². The van der Waals surface area contributed by atoms with Crippen molar-refractivity contribution in [2.24, 2.45) is 10.9 Å². The van der Waals surface area contributed by atoms with Crippen molar-refractivity contribution >= 4 is 29.9 Å². The van der Waals surface area contributed by atoms with Crippen LogP contribution in [0.2, 0.25) is 0 Å². The Balaban J connectivity index is 0.00000280. The molecule has 2 N–H and O–H groups in total. The molecule has 0 radical (unpaired) electrons. The van der Waals surface area contributed by atoms with E-state index in [1.54, 1.807) is 6.20 Å². The van der Waals surface area contributed by atoms with Crippen LogP contribution in [0.3, 0.4) is 0 Å². The van der Waals surface area contributed by atoms with E-state index in [0.29, 0.717) is 24.5 Å². The molecule has 0 amide bonds. The largest absolute Gasteiger partial charge is 0.357 e. The van der Waals surface area contributed by atoms with Crippen molar-refractivity contribution in [3.63, 3.8) is 0 Å². The second-order valence-electron chi connectivity index (χ2n) is 7.55. The Bertz CT molecular complexity index is 743. The fraction of sp³-hybridized carbons (Fsp3) is 0.524. The van der Waals surface area contributed by atoms with E-state index in [-0.39, 0.29) is 24.0 Å². The van der Waals surface area contributed by atoms with E-state index < -0.39 is 0 Å². The molecule has 1 aromatic carbocycles. The van der Waals surface area contributed by atoms with Crippen LogP contribution in [-0.2, 0) is 6.54 Å². The Morgan fingerprint density at radius 1 is 1.25 bits per heavy atom. The Morgan fingerprint density at radius 3 is 2.68 bits per heavy atom. The lowest BCUT2D eigenvalue weighted by Crippen LogP contribution is -2.46. The molecule has 3 rings (SSSR count). The van der Waals surface area contributed by atoms with Gasteiger partial charge < -0.3 is 10.6 Å². The second-order valence-corrected chi connectivity index (χ2v) is 7.55. The zero-order valence-electron chi connectivity index (χ0n) is 17.3. The van der Waals surface area contributed by atoms with Crippen LogP contribution in [0.5, 0.6) is 0 Å². The molecule has 1 fully saturated rings. The molecule has 28 heavy (non-hydrogen) atoms. The van der Waals surface area contributed by atoms with Gasteiger partial charge in [-0.05, 0) is 44.4 Å². The van der Waals surface area contributed by atoms with Crippen LogP contribution in [0, 0.1) is 5.92 Å². The molecule has 7 heteroatoms. The average molecular weight is 496 g/mol. The fourth-order valence-electron chi connectivity index (χ4n) is 3.55. The maximum atomic E-state index is 4.86. The minimum Gasteiger partial charge on any atom is -0.357 e. The molecule has 0 aliphatic carbocycles. The van der Waals surface area contributed by atoms with Gasteiger partial charge in [0.1, 0.15) is 0 Å². The lowest BCUT2D eigenvalue weighted by atomic mass is 10.1. The molecule has 1 saturated heterocycles. The lowest BCUT2D eigenvalue weighted by Gasteiger charge is -2.22. The first-order chi connectivity index (χ1) is 13.1. The molecule has 1 aliphatic rings. The van der Waals surface area contributed by atoms with Gasteiger partial charge in [0.15, 0.2) is 5.96 Å². The molecular weight excluding hydrogens is 463 g/mol. The molecule has 1 aliphatic heterocycles. The number of aliphatic imine (C=N–C) groups is 1. The van der Waals surface area contributed by atoms with Crippen molar-refractivity contribution in [2.75, 3.05) is 19.6 Å². The number of likely N-dealkylation sites (tertiary alicyclic amines) is 1. The first kappa shape index (κ1) is 22.7. The Labute approximate surface area is 185 Å². The molecule has 2 unspecified atom stereocenters. The summed E-state index contributed by atoms with van der Waals surface area (Å²) >= 11 is 0. The highest BCUT2D eigenvalue weighted by molar-refractivity contribution is 14.0. The molecule has 0 saturated carbocycles. The summed E-state index contributed by atoms with van der Waals surface area (Å²) in [4.78, 5) is 7.38. The molecule has 2 atom stereocenters. The van der Waals surface area contributed by atoms with Gasteiger partial charge in [0.2, 0.25) is 0 Å². The maximum absolute atomic E-state index is 4.86. The predicted octanol–water partition coefficient (Wildman–Crippen LogP) is 3.27. The number of hydrogen-bond acceptors (Lipinski definition) is 3. The highest BCUT2D eigenvalue weighted by atomic mass is 127. The Kier molecular flexibility index (Phi) is 8.75. The summed E-state index contributed by atoms with van der Waals surface area (Å²) in [6, 6.07) is 11.2. The number of nitrogens with one attached hydrogen (secondary N) is 2. The van der Waals surface area contributed by atoms with Gasteiger partial charge in [0.05, 0.1) is 12.2 Å². The summed E-state index contributed by atoms with van der Waals surface area (Å²) in [7, 11) is 0. The maximum Gasteiger partial charge on any atom is 0.191 e. The fourth-order valence-corrected chi connectivity index (χ4v) is 3.55. The van der Waals surface area contributed by atoms with Crippen molar-refractivity contribution < 1.29 is 0 Å². The molecule has 154 valence electrons. The highest BCUT2D eigenvalue weighted by Gasteiger charge is 2.31. The van der Waals surface area contributed by atoms with Crippen molar-refractivity contribution in [3.05, 3.63) is 48.3 Å². The number of halogens is 1. The molecule has 2 aromatic rings. The van der Waals surface area contributed by atoms with E-state index in [4.69, 9.17) is 4.99 Å². The van der Waals surface area contributed by atoms with Gasteiger partial charge >= 0.3 is 0 Å². The summed E-state index contributed by atoms with van der Waals surface area (Å²) in [5.41, 5.74) is 2.23. The lowest BCUT2D eigenvalue weighted by molar-refractivity contribution is 0.265. The summed E-state index contributed by atoms with van der Waals surface area (Å²) < 4.78 is 1.89. The molecule has 6 nitrogen and oxygen atoms in total. The minimum absolute atomic E-state index is 0. The van der Waals surface area contributed by atoms with Gasteiger partial charge in [-0.25, -0.2) is 9.67 Å². The molecule has 2 heterocycles. The smallest absolute Gasteiger partial charge is 0.191 e. The standard InChI is InChI=1S/C21H32N6.HI/c1-5-22-21(25-19-15-26(16(2)3)14-17(19)4)23-13-18-9-6-7-10-20(18)27-12-8-11-24-27;/h6-12,16-17,19H,5,13-15H2,1-4H3,(H2,22,23,25);1H. The van der Waals surface area contributed by atoms with Crippen LogP contribution in [0.15, 0.2) is 47.7 Å². The van der Waals surface area contributed by atoms with E-state index in [1.807, 2.05) is 23.0 Å². The summed E-state index contributed by atoms with van der Waals surface area (Å²) in [5.74, 6) is 1.49. The van der Waals surface area contributed by atoms with Gasteiger partial charge in [-0.2, -0.15) is 5.10 Å². The van der Waals surface area contributed by atoms with Gasteiger partial charge in [-0.3, -0.25) is 4.90 Å². The number of nitrogens with zero attached hydrogens (tertiary/aromatic N) is 4. The molecule has 0 bridgehead atoms. The van der Waals surface area contributed by atoms with Crippen molar-refractivity contribution in [3.8, 4) is 5.69 Å². The Hall–Kier alpha value is -1.61. The van der Waals surface area contributed by atoms with Crippen LogP contribution < -0.4 is 10.6 Å². The third kappa shape index (κ3) is 5.70. The van der Waals surface area contributed by atoms with E-state index >= 15 is 0 Å². The third-order valence-corrected chi connectivity index (χ3v) is 5.19. The van der Waals surface area contributed by atoms with Gasteiger partial charge in [0, 0.05) is 44.1 Å². The minimum atomic E-state index is 0. The van der Waals surface area contributed by atoms with E-state index in [9.17, 15) is 0 Å². The summed E-state index contributed by atoms with van der Waals surface area (Å²) in [6.07, 6.45) is 3.76. The van der Waals surface area contributed by atoms with Crippen LogP contribution in [0.4, 0.5) is 0 Å². The number of aromatic nitrogens is 2. The van der Waals surface area contributed by atoms with E-state index in [1.165, 1.54) is 0 Å². The van der Waals surface area contributed by atoms with Crippen molar-refractivity contribution in [1.29, 1.82) is 0 Å². The first-order valence-corrected chi connectivity index (χ1v) is 9.95. The SMILES string of the molecule is CCNC(=NCc1ccccc1-n1cccn1)NC1CN(C(C)C)CC1C.I. The quantitative estimate of drug-likeness (QED) is 0.366. The monoisotopic (exact) mass is 496 g/mol. The summed E-state index contributed by atoms with van der Waals surface area (Å²) in [6.45, 7) is 12.6. The normalized spacial score (nSPS) is 20.2. The van der Waals surface area contributed by atoms with Gasteiger partial charge in [-0.1, -0.05) is 25.1 Å². The number of rotatable bonds is 6.